The second kappa shape index (κ2) is 60.6. The third-order valence-corrected chi connectivity index (χ3v) is 19.1. The average Bonchev–Trinajstić information content (AvgIpc) is 1.64. The molecule has 0 bridgehead atoms. The van der Waals surface area contributed by atoms with Crippen molar-refractivity contribution in [3.63, 3.8) is 0 Å². The molecule has 12 N–H and O–H groups in total. The van der Waals surface area contributed by atoms with Crippen LogP contribution in [0.2, 0.25) is 0 Å². The second-order valence-electron chi connectivity index (χ2n) is 31.9. The number of halogens is 6. The van der Waals surface area contributed by atoms with Gasteiger partial charge in [-0.05, 0) is 161 Å². The molecule has 0 saturated carbocycles. The number of carbonyl (C=O) groups excluding carboxylic acids is 11. The lowest BCUT2D eigenvalue weighted by Crippen LogP contribution is -2.64. The second-order valence-corrected chi connectivity index (χ2v) is 31.9. The van der Waals surface area contributed by atoms with Gasteiger partial charge in [-0.25, -0.2) is 19.2 Å². The zero-order chi connectivity index (χ0) is 97.4. The summed E-state index contributed by atoms with van der Waals surface area (Å²) in [6.07, 6.45) is -11.6. The number of benzene rings is 6. The first-order chi connectivity index (χ1) is 59.1. The first-order valence-electron chi connectivity index (χ1n) is 41.7. The summed E-state index contributed by atoms with van der Waals surface area (Å²) in [5, 5.41) is 55.4. The van der Waals surface area contributed by atoms with Crippen molar-refractivity contribution < 1.29 is 125 Å². The van der Waals surface area contributed by atoms with Gasteiger partial charge in [0.15, 0.2) is 17.5 Å². The maximum atomic E-state index is 13.5. The van der Waals surface area contributed by atoms with Gasteiger partial charge in [0.2, 0.25) is 35.8 Å². The number of hydrogen-bond acceptors (Lipinski definition) is 20. The molecule has 8 amide bonds. The number of likely N-dealkylation sites (N-methyl/N-ethyl adjacent to an activating group) is 2. The Balaban J connectivity index is -0.000000789. The number of aliphatic hydroxyl groups excluding tert-OH is 3. The summed E-state index contributed by atoms with van der Waals surface area (Å²) in [5.74, 6) is -4.45. The molecule has 730 valence electrons. The summed E-state index contributed by atoms with van der Waals surface area (Å²) in [4.78, 5) is 152. The lowest BCUT2D eigenvalue weighted by atomic mass is 9.90. The van der Waals surface area contributed by atoms with Crippen molar-refractivity contribution >= 4 is 121 Å². The van der Waals surface area contributed by atoms with Crippen LogP contribution in [-0.4, -0.2) is 225 Å². The molecular formula is C94H142F6N10O20. The van der Waals surface area contributed by atoms with Crippen LogP contribution in [0.5, 0.6) is 0 Å². The fourth-order valence-electron chi connectivity index (χ4n) is 11.6. The Labute approximate surface area is 763 Å². The molecule has 4 unspecified atom stereocenters. The smallest absolute Gasteiger partial charge is 0.446 e. The van der Waals surface area contributed by atoms with Crippen LogP contribution < -0.4 is 32.7 Å². The van der Waals surface area contributed by atoms with E-state index in [1.165, 1.54) is 46.7 Å². The van der Waals surface area contributed by atoms with Crippen LogP contribution in [0, 0.1) is 24.3 Å². The van der Waals surface area contributed by atoms with Crippen LogP contribution in [0.25, 0.3) is 37.2 Å². The van der Waals surface area contributed by atoms with E-state index >= 15 is 0 Å². The van der Waals surface area contributed by atoms with E-state index in [-0.39, 0.29) is 70.5 Å². The van der Waals surface area contributed by atoms with Gasteiger partial charge in [0.05, 0.1) is 31.0 Å². The summed E-state index contributed by atoms with van der Waals surface area (Å²) in [5.41, 5.74) is 0.622. The summed E-state index contributed by atoms with van der Waals surface area (Å²) in [6, 6.07) is 34.5. The predicted molar refractivity (Wildman–Crippen MR) is 494 cm³/mol. The number of methoxy groups -OCH3 is 1. The van der Waals surface area contributed by atoms with Crippen molar-refractivity contribution in [2.45, 2.75) is 289 Å². The third kappa shape index (κ3) is 44.4. The topological polar surface area (TPSA) is 432 Å². The lowest BCUT2D eigenvalue weighted by Gasteiger charge is -2.41. The van der Waals surface area contributed by atoms with Crippen molar-refractivity contribution in [2.75, 3.05) is 38.4 Å². The number of nitrogens with one attached hydrogen (secondary N) is 5. The fourth-order valence-corrected chi connectivity index (χ4v) is 11.6. The lowest BCUT2D eigenvalue weighted by molar-refractivity contribution is -0.178. The van der Waals surface area contributed by atoms with Gasteiger partial charge in [0, 0.05) is 68.0 Å². The molecular weight excluding hydrogens is 1700 g/mol. The molecule has 2 saturated heterocycles. The monoisotopic (exact) mass is 1850 g/mol. The number of nitrogens with zero attached hydrogens (tertiary/aromatic N) is 4. The van der Waals surface area contributed by atoms with Gasteiger partial charge in [0.25, 0.3) is 5.91 Å². The van der Waals surface area contributed by atoms with E-state index < -0.39 is 139 Å². The Kier molecular flexibility index (Phi) is 57.3. The van der Waals surface area contributed by atoms with E-state index in [4.69, 9.17) is 41.9 Å². The Morgan fingerprint density at radius 2 is 1.04 bits per heavy atom. The van der Waals surface area contributed by atoms with Gasteiger partial charge in [-0.3, -0.25) is 48.2 Å². The standard InChI is InChI=1S/C31H45N3O7.C24H29N3O4.C13H24N2O6.C11H7N.C6H12O.C2H3F3O.C2HF3O.C2H6.3CH4.H3N/c1-19(40-8)16-17-23(29(38)32-25-15-11-13-22-12-9-10-14-24(22)25)18-26(36)27(21(3)35)33-28(37)20(2)34(7)30(39)41-31(4,5)6;1-4-14(2)22(28)26-21-15(3)31-20-13-12-19(27(20)24(21)30)23(29)25-18-11-7-9-16-8-5-6-10-17(16)18;1-7(15(6)12(20)21-13(3,4)5)10(17)14-9(8(2)16)11(18)19;1-12-11-8-4-6-9-5-2-3-7-10(9)11;1-6(2)4-3-5-7;2*3-2(4,5)1-6;1-2;;;;/h9-15,19-21,23,27,35H,16-18H2,1-8H3,(H,32,38)(H,33,37);5-11,14-15,19-21H,4,12-13H2,1-3H3,(H,25,29)(H,26,28);7-9,16H,1-6H3,(H,14,17)(H,18,19);2-8H;5-6H,3-4H2,1-2H3;6H,1H2;1H;1-2H3;3*1H4;1H3/t19?,20-,21-,23?,27-;14-,15?,19?,20+,21+;7-,8+,9-;;;;;;;;;/m010........./s1/i;;;;;;1D;;;;;. The average molecular weight is 1850 g/mol. The van der Waals surface area contributed by atoms with Gasteiger partial charge in [-0.2, -0.15) is 26.3 Å². The van der Waals surface area contributed by atoms with Crippen LogP contribution in [0.3, 0.4) is 0 Å². The number of amides is 8. The minimum absolute atomic E-state index is 0. The van der Waals surface area contributed by atoms with Gasteiger partial charge in [-0.1, -0.05) is 179 Å². The largest absolute Gasteiger partial charge is 0.480 e. The number of aliphatic hydroxyl groups is 3. The van der Waals surface area contributed by atoms with Gasteiger partial charge in [0.1, 0.15) is 61.9 Å². The number of carboxylic acids is 1. The highest BCUT2D eigenvalue weighted by Crippen LogP contribution is 2.34. The highest BCUT2D eigenvalue weighted by molar-refractivity contribution is 6.06. The summed E-state index contributed by atoms with van der Waals surface area (Å²) < 4.78 is 90.8. The third-order valence-electron chi connectivity index (χ3n) is 19.1. The van der Waals surface area contributed by atoms with E-state index in [0.29, 0.717) is 49.4 Å². The Hall–Kier alpha value is -11.2. The van der Waals surface area contributed by atoms with Crippen LogP contribution in [0.1, 0.15) is 200 Å². The molecule has 2 fully saturated rings. The number of carbonyl (C=O) groups is 12. The van der Waals surface area contributed by atoms with Gasteiger partial charge < -0.3 is 81.8 Å². The molecule has 2 heterocycles. The number of aldehydes is 2. The highest BCUT2D eigenvalue weighted by Gasteiger charge is 2.50. The van der Waals surface area contributed by atoms with Gasteiger partial charge >= 0.3 is 30.5 Å². The number of ketones is 1. The van der Waals surface area contributed by atoms with Crippen molar-refractivity contribution in [1.29, 1.82) is 0 Å². The highest BCUT2D eigenvalue weighted by atomic mass is 19.4. The van der Waals surface area contributed by atoms with E-state index in [1.807, 2.05) is 156 Å². The Morgan fingerprint density at radius 3 is 1.42 bits per heavy atom. The predicted octanol–water partition coefficient (Wildman–Crippen LogP) is 16.9. The fraction of sp³-hybridized carbons (Fsp3) is 0.543. The Bertz CT molecular complexity index is 4580. The number of aliphatic carboxylic acids is 1. The number of ether oxygens (including phenoxy) is 4. The minimum Gasteiger partial charge on any atom is -0.480 e. The van der Waals surface area contributed by atoms with Crippen molar-refractivity contribution in [3.05, 3.63) is 139 Å². The normalized spacial score (nSPS) is 16.2. The van der Waals surface area contributed by atoms with E-state index in [1.54, 1.807) is 61.6 Å². The number of carboxylic acid groups (broad SMARTS) is 1. The molecule has 0 spiro atoms. The summed E-state index contributed by atoms with van der Waals surface area (Å²) in [6.45, 7) is 36.7. The summed E-state index contributed by atoms with van der Waals surface area (Å²) in [7, 11) is 4.37. The first kappa shape index (κ1) is 123. The van der Waals surface area contributed by atoms with Crippen molar-refractivity contribution in [3.8, 4) is 0 Å². The minimum atomic E-state index is -4.97. The van der Waals surface area contributed by atoms with Crippen LogP contribution in [-0.2, 0) is 66.9 Å². The molecule has 0 aliphatic carbocycles. The zero-order valence-electron chi connectivity index (χ0n) is 77.2. The zero-order valence-corrected chi connectivity index (χ0v) is 76.2. The molecule has 6 aromatic rings. The van der Waals surface area contributed by atoms with Crippen molar-refractivity contribution in [2.24, 2.45) is 17.8 Å². The van der Waals surface area contributed by atoms with Crippen LogP contribution in [0.4, 0.5) is 53.0 Å². The Morgan fingerprint density at radius 1 is 0.631 bits per heavy atom. The molecule has 2 aliphatic rings. The maximum absolute atomic E-state index is 13.5. The van der Waals surface area contributed by atoms with E-state index in [2.05, 4.69) is 45.3 Å². The molecule has 130 heavy (non-hydrogen) atoms. The number of rotatable bonds is 26. The SMILES string of the molecule is C.C.C.CC.CC(C)CCC=O.CC[C@@H](C)C(=O)N[C@@H]1C(=O)N2C(C(=O)Nc3cccc4ccccc34)CC[C@@H]2OC1C.COC(C)CCC(CC(=O)[C@@H](NC(=O)[C@H](C)N(C)C(=O)OC(C)(C)C)[C@H](C)O)C(=O)Nc1cccc2ccccc12.C[C@@H](O)[C@H](NC(=O)[C@H](C)N(C)C(=O)OC(C)(C)C)C(=O)O.N.OCC(F)(F)F.[2H]C(=O)C(F)(F)F.[C-]#[N+]c1cccc2ccccc12. The molecule has 36 heteroatoms. The first-order valence-corrected chi connectivity index (χ1v) is 41.2. The molecule has 2 aliphatic heterocycles. The molecule has 13 atom stereocenters. The van der Waals surface area contributed by atoms with E-state index in [0.717, 1.165) is 66.9 Å². The van der Waals surface area contributed by atoms with Crippen LogP contribution in [0.15, 0.2) is 127 Å². The number of anilines is 2. The molecule has 0 radical (unpaired) electrons. The van der Waals surface area contributed by atoms with Gasteiger partial charge in [-0.15, -0.1) is 0 Å². The number of fused-ring (bicyclic) bond motifs is 4. The summed E-state index contributed by atoms with van der Waals surface area (Å²) >= 11 is 0. The molecule has 6 aromatic carbocycles. The molecule has 30 nitrogen and oxygen atoms in total. The number of alkyl halides is 6. The number of hydrogen-bond donors (Lipinski definition) is 10. The quantitative estimate of drug-likeness (QED) is 0.0137. The number of Topliss-reactive ketones (excluding diaryl/α,β-unsaturated/α-hetero) is 1. The maximum Gasteiger partial charge on any atom is 0.446 e. The molecule has 0 aromatic heterocycles. The van der Waals surface area contributed by atoms with Crippen LogP contribution >= 0.6 is 0 Å². The van der Waals surface area contributed by atoms with Crippen molar-refractivity contribution in [1.82, 2.24) is 36.8 Å². The molecule has 8 rings (SSSR count). The van der Waals surface area contributed by atoms with E-state index in [9.17, 15) is 89.3 Å².